The van der Waals surface area contributed by atoms with Gasteiger partial charge in [-0.25, -0.2) is 22.5 Å². The van der Waals surface area contributed by atoms with Crippen LogP contribution in [-0.2, 0) is 0 Å². The van der Waals surface area contributed by atoms with E-state index < -0.39 is 23.3 Å². The SMILES string of the molecule is CCCNc1nc(Nc2cccc(F)c2F)c(F)cc1F. The Morgan fingerprint density at radius 1 is 1.00 bits per heavy atom. The number of hydrogen-bond donors (Lipinski definition) is 2. The van der Waals surface area contributed by atoms with E-state index in [1.807, 2.05) is 6.92 Å². The quantitative estimate of drug-likeness (QED) is 0.812. The number of pyridine rings is 1. The van der Waals surface area contributed by atoms with Gasteiger partial charge in [0.2, 0.25) is 0 Å². The Morgan fingerprint density at radius 3 is 2.43 bits per heavy atom. The van der Waals surface area contributed by atoms with E-state index in [9.17, 15) is 17.6 Å². The molecule has 1 aromatic heterocycles. The fraction of sp³-hybridized carbons (Fsp3) is 0.214. The zero-order valence-electron chi connectivity index (χ0n) is 11.2. The van der Waals surface area contributed by atoms with E-state index in [4.69, 9.17) is 0 Å². The molecule has 0 saturated carbocycles. The predicted molar refractivity (Wildman–Crippen MR) is 72.6 cm³/mol. The van der Waals surface area contributed by atoms with Crippen molar-refractivity contribution in [1.29, 1.82) is 0 Å². The Balaban J connectivity index is 2.33. The minimum atomic E-state index is -1.16. The zero-order chi connectivity index (χ0) is 15.4. The maximum Gasteiger partial charge on any atom is 0.182 e. The molecule has 0 aliphatic heterocycles. The molecule has 0 amide bonds. The van der Waals surface area contributed by atoms with Crippen LogP contribution in [0.5, 0.6) is 0 Å². The molecule has 21 heavy (non-hydrogen) atoms. The molecule has 0 spiro atoms. The van der Waals surface area contributed by atoms with E-state index in [0.717, 1.165) is 12.5 Å². The lowest BCUT2D eigenvalue weighted by molar-refractivity contribution is 0.511. The lowest BCUT2D eigenvalue weighted by atomic mass is 10.3. The number of nitrogens with one attached hydrogen (secondary N) is 2. The van der Waals surface area contributed by atoms with Crippen molar-refractivity contribution in [2.75, 3.05) is 17.2 Å². The van der Waals surface area contributed by atoms with Gasteiger partial charge in [0.25, 0.3) is 0 Å². The van der Waals surface area contributed by atoms with Gasteiger partial charge in [0.15, 0.2) is 34.9 Å². The minimum Gasteiger partial charge on any atom is -0.368 e. The number of nitrogens with zero attached hydrogens (tertiary/aromatic N) is 1. The van der Waals surface area contributed by atoms with Gasteiger partial charge in [-0.3, -0.25) is 0 Å². The van der Waals surface area contributed by atoms with Gasteiger partial charge in [0.05, 0.1) is 5.69 Å². The van der Waals surface area contributed by atoms with Crippen LogP contribution in [0, 0.1) is 23.3 Å². The largest absolute Gasteiger partial charge is 0.368 e. The van der Waals surface area contributed by atoms with E-state index >= 15 is 0 Å². The van der Waals surface area contributed by atoms with Crippen molar-refractivity contribution in [2.45, 2.75) is 13.3 Å². The van der Waals surface area contributed by atoms with Crippen molar-refractivity contribution in [3.63, 3.8) is 0 Å². The van der Waals surface area contributed by atoms with E-state index in [2.05, 4.69) is 15.6 Å². The van der Waals surface area contributed by atoms with Crippen molar-refractivity contribution >= 4 is 17.3 Å². The van der Waals surface area contributed by atoms with Gasteiger partial charge >= 0.3 is 0 Å². The summed E-state index contributed by atoms with van der Waals surface area (Å²) in [4.78, 5) is 3.71. The van der Waals surface area contributed by atoms with Crippen molar-refractivity contribution in [3.05, 3.63) is 47.5 Å². The summed E-state index contributed by atoms with van der Waals surface area (Å²) >= 11 is 0. The summed E-state index contributed by atoms with van der Waals surface area (Å²) in [5.41, 5.74) is -0.283. The zero-order valence-corrected chi connectivity index (χ0v) is 11.2. The topological polar surface area (TPSA) is 37.0 Å². The second-order valence-electron chi connectivity index (χ2n) is 4.30. The summed E-state index contributed by atoms with van der Waals surface area (Å²) in [5, 5.41) is 5.00. The van der Waals surface area contributed by atoms with Crippen molar-refractivity contribution < 1.29 is 17.6 Å². The van der Waals surface area contributed by atoms with Gasteiger partial charge in [-0.2, -0.15) is 0 Å². The number of benzene rings is 1. The van der Waals surface area contributed by atoms with Crippen LogP contribution in [0.25, 0.3) is 0 Å². The van der Waals surface area contributed by atoms with Crippen molar-refractivity contribution in [3.8, 4) is 0 Å². The van der Waals surface area contributed by atoms with Gasteiger partial charge in [-0.05, 0) is 18.6 Å². The highest BCUT2D eigenvalue weighted by Crippen LogP contribution is 2.25. The standard InChI is InChI=1S/C14H13F4N3/c1-2-6-19-13-9(16)7-10(17)14(21-13)20-11-5-3-4-8(15)12(11)18/h3-5,7H,2,6H2,1H3,(H2,19,20,21). The van der Waals surface area contributed by atoms with Gasteiger partial charge in [-0.1, -0.05) is 13.0 Å². The van der Waals surface area contributed by atoms with E-state index in [-0.39, 0.29) is 17.3 Å². The molecule has 0 atom stereocenters. The molecule has 0 aliphatic carbocycles. The summed E-state index contributed by atoms with van der Waals surface area (Å²) in [6.45, 7) is 2.32. The van der Waals surface area contributed by atoms with Gasteiger partial charge < -0.3 is 10.6 Å². The molecule has 7 heteroatoms. The first-order valence-corrected chi connectivity index (χ1v) is 6.34. The Hall–Kier alpha value is -2.31. The van der Waals surface area contributed by atoms with Crippen LogP contribution >= 0.6 is 0 Å². The van der Waals surface area contributed by atoms with Gasteiger partial charge in [0, 0.05) is 12.6 Å². The smallest absolute Gasteiger partial charge is 0.182 e. The molecule has 0 bridgehead atoms. The van der Waals surface area contributed by atoms with Crippen LogP contribution in [0.4, 0.5) is 34.9 Å². The first-order chi connectivity index (χ1) is 10.0. The van der Waals surface area contributed by atoms with Crippen LogP contribution in [0.1, 0.15) is 13.3 Å². The third kappa shape index (κ3) is 3.42. The first-order valence-electron chi connectivity index (χ1n) is 6.34. The molecule has 1 heterocycles. The summed E-state index contributed by atoms with van der Waals surface area (Å²) in [5.74, 6) is -4.64. The average Bonchev–Trinajstić information content (AvgIpc) is 2.45. The van der Waals surface area contributed by atoms with E-state index in [1.165, 1.54) is 12.1 Å². The highest BCUT2D eigenvalue weighted by atomic mass is 19.2. The summed E-state index contributed by atoms with van der Waals surface area (Å²) in [7, 11) is 0. The number of anilines is 3. The van der Waals surface area contributed by atoms with Crippen LogP contribution in [0.3, 0.4) is 0 Å². The third-order valence-electron chi connectivity index (χ3n) is 2.68. The molecule has 1 aromatic carbocycles. The van der Waals surface area contributed by atoms with Gasteiger partial charge in [-0.15, -0.1) is 0 Å². The molecule has 0 radical (unpaired) electrons. The molecule has 2 aromatic rings. The summed E-state index contributed by atoms with van der Waals surface area (Å²) in [6, 6.07) is 4.05. The number of hydrogen-bond acceptors (Lipinski definition) is 3. The Bertz CT molecular complexity index is 646. The fourth-order valence-corrected chi connectivity index (χ4v) is 1.65. The number of rotatable bonds is 5. The molecule has 0 aliphatic rings. The molecule has 3 nitrogen and oxygen atoms in total. The monoisotopic (exact) mass is 299 g/mol. The third-order valence-corrected chi connectivity index (χ3v) is 2.68. The van der Waals surface area contributed by atoms with Gasteiger partial charge in [0.1, 0.15) is 0 Å². The maximum atomic E-state index is 13.7. The Morgan fingerprint density at radius 2 is 1.71 bits per heavy atom. The molecule has 112 valence electrons. The summed E-state index contributed by atoms with van der Waals surface area (Å²) in [6.07, 6.45) is 0.722. The summed E-state index contributed by atoms with van der Waals surface area (Å²) < 4.78 is 53.8. The fourth-order valence-electron chi connectivity index (χ4n) is 1.65. The average molecular weight is 299 g/mol. The maximum absolute atomic E-state index is 13.7. The first kappa shape index (κ1) is 15.1. The minimum absolute atomic E-state index is 0.155. The Kier molecular flexibility index (Phi) is 4.62. The van der Waals surface area contributed by atoms with Crippen LogP contribution < -0.4 is 10.6 Å². The predicted octanol–water partition coefficient (Wildman–Crippen LogP) is 4.20. The lowest BCUT2D eigenvalue weighted by Gasteiger charge is -2.11. The van der Waals surface area contributed by atoms with E-state index in [0.29, 0.717) is 12.6 Å². The number of halogens is 4. The molecular weight excluding hydrogens is 286 g/mol. The van der Waals surface area contributed by atoms with E-state index in [1.54, 1.807) is 0 Å². The molecule has 0 fully saturated rings. The second-order valence-corrected chi connectivity index (χ2v) is 4.30. The molecule has 0 unspecified atom stereocenters. The normalized spacial score (nSPS) is 10.5. The van der Waals surface area contributed by atoms with Crippen LogP contribution in [-0.4, -0.2) is 11.5 Å². The molecular formula is C14H13F4N3. The Labute approximate surface area is 119 Å². The van der Waals surface area contributed by atoms with Crippen LogP contribution in [0.15, 0.2) is 24.3 Å². The highest BCUT2D eigenvalue weighted by molar-refractivity contribution is 5.59. The van der Waals surface area contributed by atoms with Crippen molar-refractivity contribution in [2.24, 2.45) is 0 Å². The lowest BCUT2D eigenvalue weighted by Crippen LogP contribution is -2.08. The number of aromatic nitrogens is 1. The molecule has 2 N–H and O–H groups in total. The van der Waals surface area contributed by atoms with Crippen LogP contribution in [0.2, 0.25) is 0 Å². The van der Waals surface area contributed by atoms with Crippen molar-refractivity contribution in [1.82, 2.24) is 4.98 Å². The molecule has 0 saturated heterocycles. The molecule has 2 rings (SSSR count). The second kappa shape index (κ2) is 6.43. The highest BCUT2D eigenvalue weighted by Gasteiger charge is 2.14.